The Bertz CT molecular complexity index is 1100. The number of oxazole rings is 1. The van der Waals surface area contributed by atoms with Crippen molar-refractivity contribution in [2.24, 2.45) is 0 Å². The van der Waals surface area contributed by atoms with Crippen LogP contribution in [0.15, 0.2) is 68.8 Å². The smallest absolute Gasteiger partial charge is 0.387 e. The molecular weight excluding hydrogens is 424 g/mol. The molecule has 148 valence electrons. The van der Waals surface area contributed by atoms with Crippen molar-refractivity contribution in [3.63, 3.8) is 0 Å². The first-order valence-electron chi connectivity index (χ1n) is 8.29. The van der Waals surface area contributed by atoms with Crippen molar-refractivity contribution in [3.05, 3.63) is 65.6 Å². The summed E-state index contributed by atoms with van der Waals surface area (Å²) in [5.74, 6) is 1.82. The first kappa shape index (κ1) is 19.4. The molecule has 0 N–H and O–H groups in total. The molecule has 0 bridgehead atoms. The molecule has 10 heteroatoms. The lowest BCUT2D eigenvalue weighted by atomic mass is 10.2. The minimum absolute atomic E-state index is 0.0530. The fourth-order valence-electron chi connectivity index (χ4n) is 2.44. The maximum absolute atomic E-state index is 12.2. The monoisotopic (exact) mass is 435 g/mol. The van der Waals surface area contributed by atoms with E-state index in [2.05, 4.69) is 19.9 Å². The summed E-state index contributed by atoms with van der Waals surface area (Å²) in [4.78, 5) is 4.24. The van der Waals surface area contributed by atoms with Crippen LogP contribution in [-0.2, 0) is 5.75 Å². The normalized spacial score (nSPS) is 11.2. The first-order valence-corrected chi connectivity index (χ1v) is 9.65. The quantitative estimate of drug-likeness (QED) is 0.332. The van der Waals surface area contributed by atoms with Crippen LogP contribution in [0.2, 0.25) is 5.02 Å². The van der Waals surface area contributed by atoms with Gasteiger partial charge in [-0.3, -0.25) is 0 Å². The summed E-state index contributed by atoms with van der Waals surface area (Å²) in [6.45, 7) is -2.87. The summed E-state index contributed by atoms with van der Waals surface area (Å²) in [5, 5.41) is 8.86. The minimum Gasteiger partial charge on any atom is -0.440 e. The summed E-state index contributed by atoms with van der Waals surface area (Å²) < 4.78 is 40.0. The molecule has 0 saturated heterocycles. The minimum atomic E-state index is -2.87. The van der Waals surface area contributed by atoms with Crippen molar-refractivity contribution in [1.82, 2.24) is 15.2 Å². The van der Waals surface area contributed by atoms with E-state index >= 15 is 0 Å². The van der Waals surface area contributed by atoms with Crippen molar-refractivity contribution in [2.45, 2.75) is 17.6 Å². The van der Waals surface area contributed by atoms with Gasteiger partial charge < -0.3 is 13.6 Å². The Labute approximate surface area is 172 Å². The number of rotatable bonds is 7. The second kappa shape index (κ2) is 8.62. The molecule has 0 spiro atoms. The van der Waals surface area contributed by atoms with Crippen molar-refractivity contribution in [2.75, 3.05) is 0 Å². The van der Waals surface area contributed by atoms with Crippen LogP contribution in [0, 0.1) is 0 Å². The SMILES string of the molecule is FC(F)Oc1ccc(-c2nnc(SCc3ncc(-c4cccc(Cl)c4)o3)o2)cc1. The fourth-order valence-corrected chi connectivity index (χ4v) is 3.25. The Morgan fingerprint density at radius 1 is 1.03 bits per heavy atom. The van der Waals surface area contributed by atoms with E-state index in [4.69, 9.17) is 20.4 Å². The molecule has 0 aliphatic rings. The molecular formula is C19H12ClF2N3O3S. The lowest BCUT2D eigenvalue weighted by Gasteiger charge is -2.03. The van der Waals surface area contributed by atoms with Crippen LogP contribution in [0.25, 0.3) is 22.8 Å². The van der Waals surface area contributed by atoms with Crippen LogP contribution in [0.4, 0.5) is 8.78 Å². The highest BCUT2D eigenvalue weighted by Gasteiger charge is 2.13. The molecule has 2 heterocycles. The van der Waals surface area contributed by atoms with Crippen molar-refractivity contribution in [3.8, 4) is 28.5 Å². The van der Waals surface area contributed by atoms with Gasteiger partial charge in [0.15, 0.2) is 5.76 Å². The van der Waals surface area contributed by atoms with Gasteiger partial charge in [0.1, 0.15) is 5.75 Å². The summed E-state index contributed by atoms with van der Waals surface area (Å²) in [7, 11) is 0. The number of ether oxygens (including phenoxy) is 1. The van der Waals surface area contributed by atoms with Gasteiger partial charge in [-0.1, -0.05) is 35.5 Å². The number of hydrogen-bond donors (Lipinski definition) is 0. The van der Waals surface area contributed by atoms with Crippen LogP contribution >= 0.6 is 23.4 Å². The third-order valence-electron chi connectivity index (χ3n) is 3.71. The number of alkyl halides is 2. The molecule has 0 aliphatic heterocycles. The third kappa shape index (κ3) is 4.93. The second-order valence-electron chi connectivity index (χ2n) is 5.69. The average molecular weight is 436 g/mol. The van der Waals surface area contributed by atoms with Gasteiger partial charge in [0, 0.05) is 16.1 Å². The van der Waals surface area contributed by atoms with E-state index in [-0.39, 0.29) is 11.6 Å². The van der Waals surface area contributed by atoms with Gasteiger partial charge in [-0.05, 0) is 36.4 Å². The van der Waals surface area contributed by atoms with Gasteiger partial charge in [0.2, 0.25) is 11.8 Å². The fraction of sp³-hybridized carbons (Fsp3) is 0.105. The predicted molar refractivity (Wildman–Crippen MR) is 103 cm³/mol. The number of nitrogens with zero attached hydrogens (tertiary/aromatic N) is 3. The Morgan fingerprint density at radius 3 is 2.62 bits per heavy atom. The molecule has 29 heavy (non-hydrogen) atoms. The molecule has 0 saturated carbocycles. The molecule has 2 aromatic heterocycles. The van der Waals surface area contributed by atoms with E-state index in [1.807, 2.05) is 12.1 Å². The molecule has 4 aromatic rings. The Morgan fingerprint density at radius 2 is 1.86 bits per heavy atom. The molecule has 0 atom stereocenters. The number of benzene rings is 2. The van der Waals surface area contributed by atoms with E-state index in [1.165, 1.54) is 23.9 Å². The topological polar surface area (TPSA) is 74.2 Å². The van der Waals surface area contributed by atoms with Gasteiger partial charge in [0.25, 0.3) is 5.22 Å². The van der Waals surface area contributed by atoms with Crippen LogP contribution in [-0.4, -0.2) is 21.8 Å². The highest BCUT2D eigenvalue weighted by atomic mass is 35.5. The Balaban J connectivity index is 1.39. The molecule has 0 radical (unpaired) electrons. The predicted octanol–water partition coefficient (Wildman–Crippen LogP) is 5.94. The summed E-state index contributed by atoms with van der Waals surface area (Å²) in [5.41, 5.74) is 1.42. The average Bonchev–Trinajstić information content (AvgIpc) is 3.36. The van der Waals surface area contributed by atoms with Gasteiger partial charge in [-0.25, -0.2) is 4.98 Å². The zero-order chi connectivity index (χ0) is 20.2. The van der Waals surface area contributed by atoms with Gasteiger partial charge in [-0.15, -0.1) is 10.2 Å². The molecule has 4 rings (SSSR count). The second-order valence-corrected chi connectivity index (χ2v) is 7.06. The molecule has 0 unspecified atom stereocenters. The summed E-state index contributed by atoms with van der Waals surface area (Å²) >= 11 is 7.26. The van der Waals surface area contributed by atoms with Crippen LogP contribution in [0.3, 0.4) is 0 Å². The molecule has 0 fully saturated rings. The lowest BCUT2D eigenvalue weighted by Crippen LogP contribution is -2.01. The van der Waals surface area contributed by atoms with E-state index in [9.17, 15) is 8.78 Å². The molecule has 0 aliphatic carbocycles. The maximum Gasteiger partial charge on any atom is 0.387 e. The number of aromatic nitrogens is 3. The van der Waals surface area contributed by atoms with Crippen molar-refractivity contribution in [1.29, 1.82) is 0 Å². The largest absolute Gasteiger partial charge is 0.440 e. The van der Waals surface area contributed by atoms with Gasteiger partial charge >= 0.3 is 6.61 Å². The highest BCUT2D eigenvalue weighted by Crippen LogP contribution is 2.29. The molecule has 0 amide bonds. The van der Waals surface area contributed by atoms with E-state index < -0.39 is 6.61 Å². The Hall–Kier alpha value is -2.91. The van der Waals surface area contributed by atoms with E-state index in [1.54, 1.807) is 30.5 Å². The number of thioether (sulfide) groups is 1. The van der Waals surface area contributed by atoms with Crippen LogP contribution in [0.5, 0.6) is 5.75 Å². The van der Waals surface area contributed by atoms with Gasteiger partial charge in [0.05, 0.1) is 11.9 Å². The zero-order valence-electron chi connectivity index (χ0n) is 14.6. The zero-order valence-corrected chi connectivity index (χ0v) is 16.2. The van der Waals surface area contributed by atoms with Gasteiger partial charge in [-0.2, -0.15) is 8.78 Å². The van der Waals surface area contributed by atoms with Crippen LogP contribution in [0.1, 0.15) is 5.89 Å². The Kier molecular flexibility index (Phi) is 5.77. The third-order valence-corrected chi connectivity index (χ3v) is 4.75. The van der Waals surface area contributed by atoms with E-state index in [0.717, 1.165) is 5.56 Å². The van der Waals surface area contributed by atoms with Crippen LogP contribution < -0.4 is 4.74 Å². The standard InChI is InChI=1S/C19H12ClF2N3O3S/c20-13-3-1-2-12(8-13)15-9-23-16(27-15)10-29-19-25-24-17(28-19)11-4-6-14(7-5-11)26-18(21)22/h1-9,18H,10H2. The lowest BCUT2D eigenvalue weighted by molar-refractivity contribution is -0.0498. The first-order chi connectivity index (χ1) is 14.1. The number of hydrogen-bond acceptors (Lipinski definition) is 7. The van der Waals surface area contributed by atoms with E-state index in [0.29, 0.717) is 33.2 Å². The summed E-state index contributed by atoms with van der Waals surface area (Å²) in [6.07, 6.45) is 1.63. The number of halogens is 3. The maximum atomic E-state index is 12.2. The van der Waals surface area contributed by atoms with Crippen molar-refractivity contribution < 1.29 is 22.4 Å². The highest BCUT2D eigenvalue weighted by molar-refractivity contribution is 7.98. The summed E-state index contributed by atoms with van der Waals surface area (Å²) in [6, 6.07) is 13.2. The molecule has 2 aromatic carbocycles. The van der Waals surface area contributed by atoms with Crippen molar-refractivity contribution >= 4 is 23.4 Å². The molecule has 6 nitrogen and oxygen atoms in total.